The monoisotopic (exact) mass is 288 g/mol. The van der Waals surface area contributed by atoms with E-state index >= 15 is 0 Å². The van der Waals surface area contributed by atoms with E-state index in [-0.39, 0.29) is 16.5 Å². The van der Waals surface area contributed by atoms with E-state index in [9.17, 15) is 10.1 Å². The van der Waals surface area contributed by atoms with Crippen molar-refractivity contribution < 1.29 is 9.66 Å². The number of rotatable bonds is 8. The van der Waals surface area contributed by atoms with Crippen LogP contribution in [0, 0.1) is 10.1 Å². The smallest absolute Gasteiger partial charge is 0.312 e. The molecular formula is C11H17ClN4O3. The fraction of sp³-hybridized carbons (Fsp3) is 0.545. The normalized spacial score (nSPS) is 10.7. The molecule has 1 aromatic heterocycles. The fourth-order valence-electron chi connectivity index (χ4n) is 1.29. The van der Waals surface area contributed by atoms with Gasteiger partial charge in [0.15, 0.2) is 0 Å². The summed E-state index contributed by atoms with van der Waals surface area (Å²) in [6, 6.07) is 1.27. The molecule has 0 saturated heterocycles. The van der Waals surface area contributed by atoms with Crippen LogP contribution < -0.4 is 5.32 Å². The standard InChI is InChI=1S/C11H17ClN4O3/c1-15(2)4-6-19-5-3-13-11-10(16(17)18)7-9(12)8-14-11/h7-8H,3-6H2,1-2H3,(H,13,14). The third-order valence-corrected chi connectivity index (χ3v) is 2.46. The second kappa shape index (κ2) is 7.88. The van der Waals surface area contributed by atoms with Crippen molar-refractivity contribution in [2.75, 3.05) is 45.7 Å². The van der Waals surface area contributed by atoms with Crippen LogP contribution >= 0.6 is 11.6 Å². The number of nitrogens with one attached hydrogen (secondary N) is 1. The molecule has 0 saturated carbocycles. The van der Waals surface area contributed by atoms with E-state index in [1.54, 1.807) is 0 Å². The topological polar surface area (TPSA) is 80.5 Å². The first-order chi connectivity index (χ1) is 9.00. The van der Waals surface area contributed by atoms with Crippen LogP contribution in [0.1, 0.15) is 0 Å². The molecule has 0 aliphatic carbocycles. The number of nitrogens with zero attached hydrogens (tertiary/aromatic N) is 3. The van der Waals surface area contributed by atoms with Crippen LogP contribution in [0.15, 0.2) is 12.3 Å². The van der Waals surface area contributed by atoms with Gasteiger partial charge in [-0.3, -0.25) is 10.1 Å². The zero-order valence-corrected chi connectivity index (χ0v) is 11.7. The molecule has 0 amide bonds. The summed E-state index contributed by atoms with van der Waals surface area (Å²) in [6.07, 6.45) is 1.36. The SMILES string of the molecule is CN(C)CCOCCNc1ncc(Cl)cc1[N+](=O)[O-]. The predicted octanol–water partition coefficient (Wildman–Crippen LogP) is 1.63. The molecule has 0 aliphatic heterocycles. The van der Waals surface area contributed by atoms with Gasteiger partial charge in [0.25, 0.3) is 0 Å². The number of hydrogen-bond acceptors (Lipinski definition) is 6. The molecule has 1 N–H and O–H groups in total. The molecule has 106 valence electrons. The molecule has 0 aromatic carbocycles. The van der Waals surface area contributed by atoms with Gasteiger partial charge in [-0.05, 0) is 14.1 Å². The number of nitro groups is 1. The van der Waals surface area contributed by atoms with Gasteiger partial charge in [-0.15, -0.1) is 0 Å². The average molecular weight is 289 g/mol. The zero-order valence-electron chi connectivity index (χ0n) is 10.9. The first kappa shape index (κ1) is 15.6. The van der Waals surface area contributed by atoms with Crippen molar-refractivity contribution in [2.45, 2.75) is 0 Å². The molecule has 0 fully saturated rings. The van der Waals surface area contributed by atoms with Gasteiger partial charge in [0.1, 0.15) is 0 Å². The Morgan fingerprint density at radius 1 is 1.53 bits per heavy atom. The Kier molecular flexibility index (Phi) is 6.48. The Morgan fingerprint density at radius 2 is 2.26 bits per heavy atom. The molecule has 0 aliphatic rings. The van der Waals surface area contributed by atoms with Crippen molar-refractivity contribution >= 4 is 23.1 Å². The number of ether oxygens (including phenoxy) is 1. The van der Waals surface area contributed by atoms with E-state index in [0.29, 0.717) is 19.8 Å². The molecule has 1 heterocycles. The molecule has 8 heteroatoms. The van der Waals surface area contributed by atoms with E-state index < -0.39 is 4.92 Å². The third kappa shape index (κ3) is 5.82. The van der Waals surface area contributed by atoms with Crippen LogP contribution in [-0.4, -0.2) is 55.2 Å². The summed E-state index contributed by atoms with van der Waals surface area (Å²) in [7, 11) is 3.92. The summed E-state index contributed by atoms with van der Waals surface area (Å²) < 4.78 is 5.36. The second-order valence-electron chi connectivity index (χ2n) is 4.12. The maximum absolute atomic E-state index is 10.8. The number of aromatic nitrogens is 1. The number of likely N-dealkylation sites (N-methyl/N-ethyl adjacent to an activating group) is 1. The molecule has 1 aromatic rings. The zero-order chi connectivity index (χ0) is 14.3. The summed E-state index contributed by atoms with van der Waals surface area (Å²) in [5.74, 6) is 0.200. The Balaban J connectivity index is 2.39. The largest absolute Gasteiger partial charge is 0.378 e. The first-order valence-electron chi connectivity index (χ1n) is 5.77. The minimum absolute atomic E-state index is 0.138. The Labute approximate surface area is 116 Å². The minimum Gasteiger partial charge on any atom is -0.378 e. The number of anilines is 1. The average Bonchev–Trinajstić information content (AvgIpc) is 2.34. The van der Waals surface area contributed by atoms with Gasteiger partial charge in [-0.2, -0.15) is 0 Å². The molecule has 0 bridgehead atoms. The molecule has 0 atom stereocenters. The molecule has 19 heavy (non-hydrogen) atoms. The lowest BCUT2D eigenvalue weighted by Crippen LogP contribution is -2.20. The van der Waals surface area contributed by atoms with E-state index in [1.807, 2.05) is 19.0 Å². The fourth-order valence-corrected chi connectivity index (χ4v) is 1.45. The van der Waals surface area contributed by atoms with Gasteiger partial charge < -0.3 is 15.0 Å². The summed E-state index contributed by atoms with van der Waals surface area (Å²) in [4.78, 5) is 16.2. The van der Waals surface area contributed by atoms with Gasteiger partial charge >= 0.3 is 5.69 Å². The van der Waals surface area contributed by atoms with E-state index in [2.05, 4.69) is 10.3 Å². The highest BCUT2D eigenvalue weighted by Crippen LogP contribution is 2.24. The van der Waals surface area contributed by atoms with Gasteiger partial charge in [-0.25, -0.2) is 4.98 Å². The van der Waals surface area contributed by atoms with Crippen molar-refractivity contribution in [1.82, 2.24) is 9.88 Å². The molecule has 7 nitrogen and oxygen atoms in total. The number of halogens is 1. The van der Waals surface area contributed by atoms with Crippen molar-refractivity contribution in [3.63, 3.8) is 0 Å². The maximum Gasteiger partial charge on any atom is 0.312 e. The second-order valence-corrected chi connectivity index (χ2v) is 4.56. The molecule has 1 rings (SSSR count). The van der Waals surface area contributed by atoms with Gasteiger partial charge in [0.2, 0.25) is 5.82 Å². The van der Waals surface area contributed by atoms with Crippen molar-refractivity contribution in [3.8, 4) is 0 Å². The van der Waals surface area contributed by atoms with E-state index in [0.717, 1.165) is 6.54 Å². The highest BCUT2D eigenvalue weighted by Gasteiger charge is 2.15. The highest BCUT2D eigenvalue weighted by molar-refractivity contribution is 6.30. The van der Waals surface area contributed by atoms with Gasteiger partial charge in [-0.1, -0.05) is 11.6 Å². The molecule has 0 radical (unpaired) electrons. The Morgan fingerprint density at radius 3 is 2.89 bits per heavy atom. The van der Waals surface area contributed by atoms with Crippen LogP contribution in [0.5, 0.6) is 0 Å². The minimum atomic E-state index is -0.520. The predicted molar refractivity (Wildman–Crippen MR) is 73.8 cm³/mol. The van der Waals surface area contributed by atoms with E-state index in [4.69, 9.17) is 16.3 Å². The van der Waals surface area contributed by atoms with Gasteiger partial charge in [0.05, 0.1) is 23.2 Å². The van der Waals surface area contributed by atoms with Crippen molar-refractivity contribution in [3.05, 3.63) is 27.4 Å². The quantitative estimate of drug-likeness (QED) is 0.445. The lowest BCUT2D eigenvalue weighted by molar-refractivity contribution is -0.384. The summed E-state index contributed by atoms with van der Waals surface area (Å²) >= 11 is 5.67. The number of pyridine rings is 1. The Hall–Kier alpha value is -1.44. The molecule has 0 spiro atoms. The first-order valence-corrected chi connectivity index (χ1v) is 6.15. The van der Waals surface area contributed by atoms with E-state index in [1.165, 1.54) is 12.3 Å². The lowest BCUT2D eigenvalue weighted by atomic mass is 10.4. The van der Waals surface area contributed by atoms with Crippen LogP contribution in [0.3, 0.4) is 0 Å². The summed E-state index contributed by atoms with van der Waals surface area (Å²) in [6.45, 7) is 2.35. The van der Waals surface area contributed by atoms with Crippen molar-refractivity contribution in [1.29, 1.82) is 0 Å². The van der Waals surface area contributed by atoms with Crippen LogP contribution in [0.4, 0.5) is 11.5 Å². The third-order valence-electron chi connectivity index (χ3n) is 2.25. The van der Waals surface area contributed by atoms with Crippen LogP contribution in [-0.2, 0) is 4.74 Å². The van der Waals surface area contributed by atoms with Crippen LogP contribution in [0.25, 0.3) is 0 Å². The number of hydrogen-bond donors (Lipinski definition) is 1. The maximum atomic E-state index is 10.8. The molecule has 0 unspecified atom stereocenters. The Bertz CT molecular complexity index is 428. The molecular weight excluding hydrogens is 272 g/mol. The highest BCUT2D eigenvalue weighted by atomic mass is 35.5. The summed E-state index contributed by atoms with van der Waals surface area (Å²) in [5.41, 5.74) is -0.138. The lowest BCUT2D eigenvalue weighted by Gasteiger charge is -2.10. The van der Waals surface area contributed by atoms with Gasteiger partial charge in [0, 0.05) is 25.4 Å². The summed E-state index contributed by atoms with van der Waals surface area (Å²) in [5, 5.41) is 13.9. The van der Waals surface area contributed by atoms with Crippen LogP contribution in [0.2, 0.25) is 5.02 Å². The van der Waals surface area contributed by atoms with Crippen molar-refractivity contribution in [2.24, 2.45) is 0 Å².